The number of rotatable bonds is 3. The maximum Gasteiger partial charge on any atom is 0.118 e. The first kappa shape index (κ1) is 11.5. The summed E-state index contributed by atoms with van der Waals surface area (Å²) in [5.41, 5.74) is 9.03. The molecule has 88 valence electrons. The van der Waals surface area contributed by atoms with Crippen LogP contribution in [0, 0.1) is 0 Å². The molecule has 0 bridgehead atoms. The standard InChI is InChI=1S/C15H17NO/c1-11(12-3-7-14(16)8-4-12)13-5-9-15(17-2)10-6-13/h3-11H,16H2,1-2H3. The molecule has 0 saturated carbocycles. The van der Waals surface area contributed by atoms with E-state index in [0.717, 1.165) is 11.4 Å². The smallest absolute Gasteiger partial charge is 0.118 e. The van der Waals surface area contributed by atoms with Crippen LogP contribution < -0.4 is 10.5 Å². The van der Waals surface area contributed by atoms with Gasteiger partial charge in [0.15, 0.2) is 0 Å². The van der Waals surface area contributed by atoms with Crippen molar-refractivity contribution in [1.82, 2.24) is 0 Å². The maximum atomic E-state index is 5.69. The molecule has 2 nitrogen and oxygen atoms in total. The van der Waals surface area contributed by atoms with Crippen LogP contribution in [0.3, 0.4) is 0 Å². The molecule has 0 fully saturated rings. The molecule has 2 heteroatoms. The van der Waals surface area contributed by atoms with Crippen molar-refractivity contribution in [2.45, 2.75) is 12.8 Å². The Balaban J connectivity index is 2.23. The van der Waals surface area contributed by atoms with Gasteiger partial charge in [0.05, 0.1) is 7.11 Å². The minimum Gasteiger partial charge on any atom is -0.497 e. The zero-order valence-corrected chi connectivity index (χ0v) is 10.2. The molecule has 1 atom stereocenters. The van der Waals surface area contributed by atoms with Gasteiger partial charge in [-0.3, -0.25) is 0 Å². The highest BCUT2D eigenvalue weighted by atomic mass is 16.5. The van der Waals surface area contributed by atoms with Crippen molar-refractivity contribution in [3.05, 3.63) is 59.7 Å². The van der Waals surface area contributed by atoms with Crippen LogP contribution in [0.2, 0.25) is 0 Å². The fraction of sp³-hybridized carbons (Fsp3) is 0.200. The number of hydrogen-bond acceptors (Lipinski definition) is 2. The summed E-state index contributed by atoms with van der Waals surface area (Å²) in [6.07, 6.45) is 0. The van der Waals surface area contributed by atoms with E-state index in [4.69, 9.17) is 10.5 Å². The summed E-state index contributed by atoms with van der Waals surface area (Å²) < 4.78 is 5.15. The van der Waals surface area contributed by atoms with Gasteiger partial charge in [0.1, 0.15) is 5.75 Å². The molecule has 0 radical (unpaired) electrons. The molecular weight excluding hydrogens is 210 g/mol. The van der Waals surface area contributed by atoms with E-state index >= 15 is 0 Å². The zero-order chi connectivity index (χ0) is 12.3. The Bertz CT molecular complexity index is 473. The molecule has 2 N–H and O–H groups in total. The molecule has 0 amide bonds. The molecule has 0 aliphatic rings. The lowest BCUT2D eigenvalue weighted by Crippen LogP contribution is -1.96. The Labute approximate surface area is 102 Å². The molecule has 0 spiro atoms. The summed E-state index contributed by atoms with van der Waals surface area (Å²) in [7, 11) is 1.68. The van der Waals surface area contributed by atoms with Crippen molar-refractivity contribution >= 4 is 5.69 Å². The molecular formula is C15H17NO. The molecule has 0 heterocycles. The molecule has 0 aliphatic carbocycles. The summed E-state index contributed by atoms with van der Waals surface area (Å²) in [5.74, 6) is 1.25. The third kappa shape index (κ3) is 2.59. The summed E-state index contributed by atoms with van der Waals surface area (Å²) in [6.45, 7) is 2.19. The van der Waals surface area contributed by atoms with E-state index in [1.165, 1.54) is 11.1 Å². The highest BCUT2D eigenvalue weighted by Gasteiger charge is 2.07. The van der Waals surface area contributed by atoms with Crippen LogP contribution in [0.1, 0.15) is 24.0 Å². The lowest BCUT2D eigenvalue weighted by atomic mass is 9.93. The molecule has 17 heavy (non-hydrogen) atoms. The first-order valence-corrected chi connectivity index (χ1v) is 5.70. The monoisotopic (exact) mass is 227 g/mol. The largest absolute Gasteiger partial charge is 0.497 e. The normalized spacial score (nSPS) is 12.1. The van der Waals surface area contributed by atoms with Gasteiger partial charge in [0.25, 0.3) is 0 Å². The minimum absolute atomic E-state index is 0.363. The number of benzene rings is 2. The van der Waals surface area contributed by atoms with Gasteiger partial charge >= 0.3 is 0 Å². The van der Waals surface area contributed by atoms with Gasteiger partial charge in [-0.15, -0.1) is 0 Å². The molecule has 0 aromatic heterocycles. The number of nitrogen functional groups attached to an aromatic ring is 1. The van der Waals surface area contributed by atoms with E-state index in [1.54, 1.807) is 7.11 Å². The van der Waals surface area contributed by atoms with Gasteiger partial charge in [-0.25, -0.2) is 0 Å². The van der Waals surface area contributed by atoms with Crippen molar-refractivity contribution < 1.29 is 4.74 Å². The van der Waals surface area contributed by atoms with Crippen LogP contribution in [-0.2, 0) is 0 Å². The number of anilines is 1. The minimum atomic E-state index is 0.363. The van der Waals surface area contributed by atoms with E-state index < -0.39 is 0 Å². The fourth-order valence-electron chi connectivity index (χ4n) is 1.87. The van der Waals surface area contributed by atoms with Crippen molar-refractivity contribution in [3.8, 4) is 5.75 Å². The van der Waals surface area contributed by atoms with E-state index in [1.807, 2.05) is 24.3 Å². The van der Waals surface area contributed by atoms with Gasteiger partial charge in [-0.2, -0.15) is 0 Å². The second-order valence-electron chi connectivity index (χ2n) is 4.16. The van der Waals surface area contributed by atoms with Gasteiger partial charge in [0.2, 0.25) is 0 Å². The molecule has 2 aromatic rings. The Hall–Kier alpha value is -1.96. The number of nitrogens with two attached hydrogens (primary N) is 1. The first-order chi connectivity index (χ1) is 8.20. The van der Waals surface area contributed by atoms with Gasteiger partial charge in [-0.05, 0) is 35.4 Å². The third-order valence-electron chi connectivity index (χ3n) is 3.05. The predicted octanol–water partition coefficient (Wildman–Crippen LogP) is 3.43. The number of ether oxygens (including phenoxy) is 1. The van der Waals surface area contributed by atoms with Gasteiger partial charge < -0.3 is 10.5 Å². The van der Waals surface area contributed by atoms with Crippen molar-refractivity contribution in [2.75, 3.05) is 12.8 Å². The SMILES string of the molecule is COc1ccc(C(C)c2ccc(N)cc2)cc1. The van der Waals surface area contributed by atoms with E-state index in [0.29, 0.717) is 5.92 Å². The van der Waals surface area contributed by atoms with E-state index in [2.05, 4.69) is 31.2 Å². The maximum absolute atomic E-state index is 5.69. The third-order valence-corrected chi connectivity index (χ3v) is 3.05. The highest BCUT2D eigenvalue weighted by Crippen LogP contribution is 2.26. The average Bonchev–Trinajstić information content (AvgIpc) is 2.39. The average molecular weight is 227 g/mol. The van der Waals surface area contributed by atoms with Crippen LogP contribution in [0.4, 0.5) is 5.69 Å². The molecule has 2 rings (SSSR count). The molecule has 0 saturated heterocycles. The van der Waals surface area contributed by atoms with E-state index in [-0.39, 0.29) is 0 Å². The number of methoxy groups -OCH3 is 1. The van der Waals surface area contributed by atoms with Crippen molar-refractivity contribution in [1.29, 1.82) is 0 Å². The highest BCUT2D eigenvalue weighted by molar-refractivity contribution is 5.43. The Morgan fingerprint density at radius 2 is 1.35 bits per heavy atom. The van der Waals surface area contributed by atoms with Crippen molar-refractivity contribution in [3.63, 3.8) is 0 Å². The Morgan fingerprint density at radius 3 is 1.82 bits per heavy atom. The summed E-state index contributed by atoms with van der Waals surface area (Å²) in [4.78, 5) is 0. The van der Waals surface area contributed by atoms with Crippen LogP contribution in [-0.4, -0.2) is 7.11 Å². The number of hydrogen-bond donors (Lipinski definition) is 1. The fourth-order valence-corrected chi connectivity index (χ4v) is 1.87. The predicted molar refractivity (Wildman–Crippen MR) is 71.4 cm³/mol. The molecule has 0 aliphatic heterocycles. The topological polar surface area (TPSA) is 35.2 Å². The summed E-state index contributed by atoms with van der Waals surface area (Å²) in [5, 5.41) is 0. The van der Waals surface area contributed by atoms with Crippen LogP contribution in [0.15, 0.2) is 48.5 Å². The zero-order valence-electron chi connectivity index (χ0n) is 10.2. The van der Waals surface area contributed by atoms with Crippen LogP contribution in [0.5, 0.6) is 5.75 Å². The lowest BCUT2D eigenvalue weighted by Gasteiger charge is -2.13. The van der Waals surface area contributed by atoms with E-state index in [9.17, 15) is 0 Å². The Morgan fingerprint density at radius 1 is 0.882 bits per heavy atom. The Kier molecular flexibility index (Phi) is 3.33. The van der Waals surface area contributed by atoms with Crippen LogP contribution >= 0.6 is 0 Å². The second kappa shape index (κ2) is 4.91. The summed E-state index contributed by atoms with van der Waals surface area (Å²) >= 11 is 0. The van der Waals surface area contributed by atoms with Crippen molar-refractivity contribution in [2.24, 2.45) is 0 Å². The second-order valence-corrected chi connectivity index (χ2v) is 4.16. The van der Waals surface area contributed by atoms with Crippen LogP contribution in [0.25, 0.3) is 0 Å². The molecule has 2 aromatic carbocycles. The van der Waals surface area contributed by atoms with Gasteiger partial charge in [0, 0.05) is 11.6 Å². The first-order valence-electron chi connectivity index (χ1n) is 5.70. The quantitative estimate of drug-likeness (QED) is 0.815. The summed E-state index contributed by atoms with van der Waals surface area (Å²) in [6, 6.07) is 16.2. The molecule has 1 unspecified atom stereocenters. The lowest BCUT2D eigenvalue weighted by molar-refractivity contribution is 0.414. The van der Waals surface area contributed by atoms with Gasteiger partial charge in [-0.1, -0.05) is 31.2 Å².